The Kier molecular flexibility index (Phi) is 5.03. The summed E-state index contributed by atoms with van der Waals surface area (Å²) in [6, 6.07) is 13.2. The van der Waals surface area contributed by atoms with Crippen LogP contribution in [0.5, 0.6) is 11.5 Å². The minimum Gasteiger partial charge on any atom is -0.497 e. The molecule has 1 unspecified atom stereocenters. The highest BCUT2D eigenvalue weighted by molar-refractivity contribution is 7.89. The van der Waals surface area contributed by atoms with Gasteiger partial charge in [0, 0.05) is 0 Å². The third kappa shape index (κ3) is 3.75. The van der Waals surface area contributed by atoms with Crippen molar-refractivity contribution in [1.82, 2.24) is 4.31 Å². The van der Waals surface area contributed by atoms with Gasteiger partial charge in [-0.05, 0) is 43.3 Å². The van der Waals surface area contributed by atoms with Gasteiger partial charge in [-0.3, -0.25) is 0 Å². The van der Waals surface area contributed by atoms with E-state index < -0.39 is 22.2 Å². The van der Waals surface area contributed by atoms with Crippen molar-refractivity contribution in [3.8, 4) is 11.5 Å². The van der Waals surface area contributed by atoms with Crippen LogP contribution in [0.2, 0.25) is 0 Å². The van der Waals surface area contributed by atoms with Crippen molar-refractivity contribution in [2.24, 2.45) is 0 Å². The largest absolute Gasteiger partial charge is 0.497 e. The van der Waals surface area contributed by atoms with E-state index in [1.807, 2.05) is 6.92 Å². The number of ether oxygens (including phenoxy) is 3. The fraction of sp³-hybridized carbons (Fsp3) is 0.278. The van der Waals surface area contributed by atoms with E-state index in [0.29, 0.717) is 11.5 Å². The maximum Gasteiger partial charge on any atom is 0.424 e. The summed E-state index contributed by atoms with van der Waals surface area (Å²) in [6.45, 7) is 1.82. The smallest absolute Gasteiger partial charge is 0.424 e. The van der Waals surface area contributed by atoms with Gasteiger partial charge in [-0.25, -0.2) is 13.2 Å². The van der Waals surface area contributed by atoms with Crippen LogP contribution < -0.4 is 9.47 Å². The van der Waals surface area contributed by atoms with E-state index in [1.165, 1.54) is 12.1 Å². The first-order valence-electron chi connectivity index (χ1n) is 7.97. The molecule has 7 nitrogen and oxygen atoms in total. The molecule has 8 heteroatoms. The predicted molar refractivity (Wildman–Crippen MR) is 93.8 cm³/mol. The third-order valence-corrected chi connectivity index (χ3v) is 5.69. The molecule has 0 radical (unpaired) electrons. The first-order valence-corrected chi connectivity index (χ1v) is 9.41. The summed E-state index contributed by atoms with van der Waals surface area (Å²) in [4.78, 5) is 12.1. The van der Waals surface area contributed by atoms with E-state index in [4.69, 9.17) is 14.2 Å². The molecule has 26 heavy (non-hydrogen) atoms. The van der Waals surface area contributed by atoms with E-state index in [9.17, 15) is 13.2 Å². The molecule has 0 aliphatic carbocycles. The van der Waals surface area contributed by atoms with E-state index in [2.05, 4.69) is 0 Å². The van der Waals surface area contributed by atoms with Crippen molar-refractivity contribution < 1.29 is 27.4 Å². The molecule has 0 bridgehead atoms. The maximum atomic E-state index is 12.6. The van der Waals surface area contributed by atoms with E-state index in [-0.39, 0.29) is 18.0 Å². The fourth-order valence-electron chi connectivity index (χ4n) is 2.48. The Morgan fingerprint density at radius 2 is 1.69 bits per heavy atom. The SMILES string of the molecule is COc1ccc(OCC2CN(S(=O)(=O)c3ccc(C)cc3)C(=O)O2)cc1. The molecule has 0 spiro atoms. The fourth-order valence-corrected chi connectivity index (χ4v) is 3.82. The summed E-state index contributed by atoms with van der Waals surface area (Å²) in [5.74, 6) is 1.27. The minimum absolute atomic E-state index is 0.0526. The molecule has 2 aromatic rings. The average molecular weight is 377 g/mol. The van der Waals surface area contributed by atoms with Gasteiger partial charge in [-0.15, -0.1) is 0 Å². The number of nitrogens with zero attached hydrogens (tertiary/aromatic N) is 1. The molecular formula is C18H19NO6S. The van der Waals surface area contributed by atoms with Gasteiger partial charge in [0.15, 0.2) is 6.10 Å². The molecule has 0 saturated carbocycles. The van der Waals surface area contributed by atoms with Crippen molar-refractivity contribution in [2.45, 2.75) is 17.9 Å². The van der Waals surface area contributed by atoms with Gasteiger partial charge < -0.3 is 14.2 Å². The first-order chi connectivity index (χ1) is 12.4. The van der Waals surface area contributed by atoms with Gasteiger partial charge in [0.25, 0.3) is 10.0 Å². The highest BCUT2D eigenvalue weighted by Crippen LogP contribution is 2.24. The number of hydrogen-bond acceptors (Lipinski definition) is 6. The highest BCUT2D eigenvalue weighted by Gasteiger charge is 2.40. The molecule has 1 heterocycles. The van der Waals surface area contributed by atoms with E-state index >= 15 is 0 Å². The third-order valence-electron chi connectivity index (χ3n) is 3.94. The van der Waals surface area contributed by atoms with Gasteiger partial charge >= 0.3 is 6.09 Å². The Bertz CT molecular complexity index is 877. The lowest BCUT2D eigenvalue weighted by atomic mass is 10.2. The number of amides is 1. The van der Waals surface area contributed by atoms with Crippen LogP contribution in [0.3, 0.4) is 0 Å². The van der Waals surface area contributed by atoms with Crippen molar-refractivity contribution in [2.75, 3.05) is 20.3 Å². The van der Waals surface area contributed by atoms with Crippen molar-refractivity contribution in [3.05, 3.63) is 54.1 Å². The minimum atomic E-state index is -3.94. The Morgan fingerprint density at radius 3 is 2.31 bits per heavy atom. The van der Waals surface area contributed by atoms with Gasteiger partial charge in [-0.2, -0.15) is 4.31 Å². The number of rotatable bonds is 6. The average Bonchev–Trinajstić information content (AvgIpc) is 3.02. The lowest BCUT2D eigenvalue weighted by molar-refractivity contribution is 0.104. The van der Waals surface area contributed by atoms with Crippen LogP contribution in [0.25, 0.3) is 0 Å². The second-order valence-corrected chi connectivity index (χ2v) is 7.70. The standard InChI is InChI=1S/C18H19NO6S/c1-13-3-9-17(10-4-13)26(21,22)19-11-16(25-18(19)20)12-24-15-7-5-14(23-2)6-8-15/h3-10,16H,11-12H2,1-2H3. The number of carbonyl (C=O) groups excluding carboxylic acids is 1. The molecule has 1 aliphatic rings. The Hall–Kier alpha value is -2.74. The van der Waals surface area contributed by atoms with Crippen LogP contribution >= 0.6 is 0 Å². The van der Waals surface area contributed by atoms with Gasteiger partial charge in [0.1, 0.15) is 18.1 Å². The Balaban J connectivity index is 1.65. The van der Waals surface area contributed by atoms with Crippen molar-refractivity contribution in [1.29, 1.82) is 0 Å². The summed E-state index contributed by atoms with van der Waals surface area (Å²) in [7, 11) is -2.38. The monoisotopic (exact) mass is 377 g/mol. The molecule has 0 N–H and O–H groups in total. The van der Waals surface area contributed by atoms with Gasteiger partial charge in [0.05, 0.1) is 18.6 Å². The van der Waals surface area contributed by atoms with E-state index in [1.54, 1.807) is 43.5 Å². The van der Waals surface area contributed by atoms with Crippen LogP contribution in [0.15, 0.2) is 53.4 Å². The number of hydrogen-bond donors (Lipinski definition) is 0. The molecular weight excluding hydrogens is 358 g/mol. The topological polar surface area (TPSA) is 82.1 Å². The number of methoxy groups -OCH3 is 1. The number of sulfonamides is 1. The predicted octanol–water partition coefficient (Wildman–Crippen LogP) is 2.59. The number of aryl methyl sites for hydroxylation is 1. The normalized spacial score (nSPS) is 17.1. The molecule has 138 valence electrons. The van der Waals surface area contributed by atoms with Gasteiger partial charge in [0.2, 0.25) is 0 Å². The molecule has 2 aromatic carbocycles. The quantitative estimate of drug-likeness (QED) is 0.770. The van der Waals surface area contributed by atoms with Crippen LogP contribution in [-0.4, -0.2) is 45.2 Å². The lowest BCUT2D eigenvalue weighted by Gasteiger charge is -2.14. The number of benzene rings is 2. The molecule has 1 aliphatic heterocycles. The Morgan fingerprint density at radius 1 is 1.08 bits per heavy atom. The van der Waals surface area contributed by atoms with Crippen LogP contribution in [0.1, 0.15) is 5.56 Å². The molecule has 1 atom stereocenters. The summed E-state index contributed by atoms with van der Waals surface area (Å²) in [5, 5.41) is 0. The number of cyclic esters (lactones) is 1. The molecule has 3 rings (SSSR count). The highest BCUT2D eigenvalue weighted by atomic mass is 32.2. The first kappa shape index (κ1) is 18.1. The zero-order chi connectivity index (χ0) is 18.7. The zero-order valence-electron chi connectivity index (χ0n) is 14.4. The second-order valence-electron chi connectivity index (χ2n) is 5.84. The van der Waals surface area contributed by atoms with Crippen molar-refractivity contribution >= 4 is 16.1 Å². The molecule has 0 aromatic heterocycles. The summed E-state index contributed by atoms with van der Waals surface area (Å²) >= 11 is 0. The zero-order valence-corrected chi connectivity index (χ0v) is 15.2. The second kappa shape index (κ2) is 7.25. The van der Waals surface area contributed by atoms with Gasteiger partial charge in [-0.1, -0.05) is 17.7 Å². The summed E-state index contributed by atoms with van der Waals surface area (Å²) in [5.41, 5.74) is 0.929. The molecule has 1 saturated heterocycles. The summed E-state index contributed by atoms with van der Waals surface area (Å²) in [6.07, 6.45) is -1.57. The van der Waals surface area contributed by atoms with E-state index in [0.717, 1.165) is 9.87 Å². The van der Waals surface area contributed by atoms with Crippen LogP contribution in [-0.2, 0) is 14.8 Å². The maximum absolute atomic E-state index is 12.6. The van der Waals surface area contributed by atoms with Crippen LogP contribution in [0.4, 0.5) is 4.79 Å². The summed E-state index contributed by atoms with van der Waals surface area (Å²) < 4.78 is 41.7. The Labute approximate surface area is 152 Å². The van der Waals surface area contributed by atoms with Crippen molar-refractivity contribution in [3.63, 3.8) is 0 Å². The lowest BCUT2D eigenvalue weighted by Crippen LogP contribution is -2.33. The van der Waals surface area contributed by atoms with Crippen LogP contribution in [0, 0.1) is 6.92 Å². The number of carbonyl (C=O) groups is 1. The molecule has 1 amide bonds. The molecule has 1 fully saturated rings.